The van der Waals surface area contributed by atoms with E-state index in [2.05, 4.69) is 21.2 Å². The molecule has 2 amide bonds. The number of benzene rings is 2. The molecule has 0 fully saturated rings. The molecule has 1 atom stereocenters. The Morgan fingerprint density at radius 2 is 1.74 bits per heavy atom. The molecule has 7 heteroatoms. The van der Waals surface area contributed by atoms with E-state index in [0.717, 1.165) is 21.5 Å². The summed E-state index contributed by atoms with van der Waals surface area (Å²) in [5.74, 6) is 1.25. The number of carbonyl (C=O) groups excluding carboxylic acids is 2. The van der Waals surface area contributed by atoms with Gasteiger partial charge in [0.2, 0.25) is 11.8 Å². The van der Waals surface area contributed by atoms with Crippen molar-refractivity contribution in [3.63, 3.8) is 0 Å². The maximum absolute atomic E-state index is 13.0. The molecule has 0 saturated heterocycles. The number of hydrogen-bond acceptors (Lipinski definition) is 4. The van der Waals surface area contributed by atoms with Crippen molar-refractivity contribution >= 4 is 27.7 Å². The molecule has 0 radical (unpaired) electrons. The molecule has 2 rings (SSSR count). The Morgan fingerprint density at radius 1 is 1.06 bits per heavy atom. The van der Waals surface area contributed by atoms with Gasteiger partial charge in [0, 0.05) is 23.5 Å². The van der Waals surface area contributed by atoms with Crippen LogP contribution in [0.5, 0.6) is 11.5 Å². The van der Waals surface area contributed by atoms with Crippen molar-refractivity contribution in [1.82, 2.24) is 10.2 Å². The molecular weight excluding hydrogens is 460 g/mol. The fourth-order valence-corrected chi connectivity index (χ4v) is 3.50. The lowest BCUT2D eigenvalue weighted by atomic mass is 10.1. The van der Waals surface area contributed by atoms with Crippen molar-refractivity contribution in [2.75, 3.05) is 13.7 Å². The highest BCUT2D eigenvalue weighted by Crippen LogP contribution is 2.18. The number of methoxy groups -OCH3 is 1. The quantitative estimate of drug-likeness (QED) is 0.468. The van der Waals surface area contributed by atoms with E-state index in [-0.39, 0.29) is 17.9 Å². The molecule has 31 heavy (non-hydrogen) atoms. The summed E-state index contributed by atoms with van der Waals surface area (Å²) in [5.41, 5.74) is 0.960. The lowest BCUT2D eigenvalue weighted by molar-refractivity contribution is -0.141. The average Bonchev–Trinajstić information content (AvgIpc) is 2.74. The number of nitrogens with one attached hydrogen (secondary N) is 1. The van der Waals surface area contributed by atoms with Crippen LogP contribution in [0.3, 0.4) is 0 Å². The Bertz CT molecular complexity index is 855. The Morgan fingerprint density at radius 3 is 2.35 bits per heavy atom. The Labute approximate surface area is 193 Å². The van der Waals surface area contributed by atoms with Crippen LogP contribution in [0.25, 0.3) is 0 Å². The van der Waals surface area contributed by atoms with Crippen LogP contribution >= 0.6 is 15.9 Å². The van der Waals surface area contributed by atoms with Gasteiger partial charge in [-0.2, -0.15) is 0 Å². The summed E-state index contributed by atoms with van der Waals surface area (Å²) in [6.45, 7) is 6.35. The van der Waals surface area contributed by atoms with E-state index in [9.17, 15) is 9.59 Å². The van der Waals surface area contributed by atoms with Gasteiger partial charge in [0.25, 0.3) is 0 Å². The summed E-state index contributed by atoms with van der Waals surface area (Å²) in [6, 6.07) is 14.5. The second-order valence-electron chi connectivity index (χ2n) is 7.62. The fourth-order valence-electron chi connectivity index (χ4n) is 3.05. The van der Waals surface area contributed by atoms with Crippen molar-refractivity contribution in [3.8, 4) is 11.5 Å². The summed E-state index contributed by atoms with van der Waals surface area (Å²) in [5, 5.41) is 2.90. The molecule has 0 heterocycles. The summed E-state index contributed by atoms with van der Waals surface area (Å²) < 4.78 is 11.8. The minimum atomic E-state index is -0.573. The lowest BCUT2D eigenvalue weighted by Crippen LogP contribution is -2.49. The molecule has 168 valence electrons. The van der Waals surface area contributed by atoms with Gasteiger partial charge in [-0.15, -0.1) is 0 Å². The topological polar surface area (TPSA) is 67.9 Å². The van der Waals surface area contributed by atoms with Gasteiger partial charge < -0.3 is 19.7 Å². The molecule has 1 unspecified atom stereocenters. The monoisotopic (exact) mass is 490 g/mol. The van der Waals surface area contributed by atoms with E-state index < -0.39 is 6.04 Å². The first-order valence-electron chi connectivity index (χ1n) is 10.4. The van der Waals surface area contributed by atoms with E-state index in [1.165, 1.54) is 0 Å². The first kappa shape index (κ1) is 24.7. The SMILES string of the molecule is COc1ccc(OCCCC(=O)N(Cc2cccc(Br)c2)C(C)C(=O)NC(C)C)cc1. The standard InChI is InChI=1S/C24H31BrN2O4/c1-17(2)26-24(29)18(3)27(16-19-7-5-8-20(25)15-19)23(28)9-6-14-31-22-12-10-21(30-4)11-13-22/h5,7-8,10-13,15,17-18H,6,9,14,16H2,1-4H3,(H,26,29). The van der Waals surface area contributed by atoms with Crippen LogP contribution in [0, 0.1) is 0 Å². The van der Waals surface area contributed by atoms with Gasteiger partial charge in [-0.05, 0) is 69.2 Å². The highest BCUT2D eigenvalue weighted by Gasteiger charge is 2.26. The molecule has 0 aliphatic carbocycles. The predicted molar refractivity (Wildman–Crippen MR) is 125 cm³/mol. The van der Waals surface area contributed by atoms with Crippen molar-refractivity contribution < 1.29 is 19.1 Å². The zero-order chi connectivity index (χ0) is 22.8. The van der Waals surface area contributed by atoms with Crippen molar-refractivity contribution in [1.29, 1.82) is 0 Å². The smallest absolute Gasteiger partial charge is 0.242 e. The molecule has 0 aromatic heterocycles. The second-order valence-corrected chi connectivity index (χ2v) is 8.53. The van der Waals surface area contributed by atoms with Crippen LogP contribution in [0.2, 0.25) is 0 Å². The van der Waals surface area contributed by atoms with Gasteiger partial charge >= 0.3 is 0 Å². The van der Waals surface area contributed by atoms with Crippen LogP contribution in [0.4, 0.5) is 0 Å². The normalized spacial score (nSPS) is 11.7. The summed E-state index contributed by atoms with van der Waals surface area (Å²) >= 11 is 3.46. The van der Waals surface area contributed by atoms with Crippen LogP contribution in [-0.2, 0) is 16.1 Å². The Balaban J connectivity index is 1.98. The zero-order valence-corrected chi connectivity index (χ0v) is 20.1. The molecule has 0 aliphatic heterocycles. The lowest BCUT2D eigenvalue weighted by Gasteiger charge is -2.29. The number of halogens is 1. The first-order valence-corrected chi connectivity index (χ1v) is 11.2. The largest absolute Gasteiger partial charge is 0.497 e. The van der Waals surface area contributed by atoms with E-state index in [1.54, 1.807) is 18.9 Å². The fraction of sp³-hybridized carbons (Fsp3) is 0.417. The molecule has 2 aromatic carbocycles. The molecule has 0 saturated carbocycles. The van der Waals surface area contributed by atoms with Crippen LogP contribution in [-0.4, -0.2) is 42.5 Å². The minimum absolute atomic E-state index is 0.00988. The molecule has 0 spiro atoms. The first-order chi connectivity index (χ1) is 14.8. The number of rotatable bonds is 11. The molecule has 0 aliphatic rings. The van der Waals surface area contributed by atoms with E-state index in [1.807, 2.05) is 62.4 Å². The second kappa shape index (κ2) is 12.3. The molecule has 1 N–H and O–H groups in total. The highest BCUT2D eigenvalue weighted by molar-refractivity contribution is 9.10. The Hall–Kier alpha value is -2.54. The van der Waals surface area contributed by atoms with Crippen LogP contribution < -0.4 is 14.8 Å². The van der Waals surface area contributed by atoms with E-state index in [4.69, 9.17) is 9.47 Å². The van der Waals surface area contributed by atoms with Gasteiger partial charge in [0.15, 0.2) is 0 Å². The van der Waals surface area contributed by atoms with Crippen LogP contribution in [0.15, 0.2) is 53.0 Å². The van der Waals surface area contributed by atoms with Gasteiger partial charge in [-0.3, -0.25) is 9.59 Å². The summed E-state index contributed by atoms with van der Waals surface area (Å²) in [6.07, 6.45) is 0.849. The van der Waals surface area contributed by atoms with Crippen molar-refractivity contribution in [2.24, 2.45) is 0 Å². The third kappa shape index (κ3) is 8.25. The number of carbonyl (C=O) groups is 2. The number of nitrogens with zero attached hydrogens (tertiary/aromatic N) is 1. The molecular formula is C24H31BrN2O4. The number of ether oxygens (including phenoxy) is 2. The van der Waals surface area contributed by atoms with Gasteiger partial charge in [0.1, 0.15) is 17.5 Å². The van der Waals surface area contributed by atoms with E-state index in [0.29, 0.717) is 26.0 Å². The maximum atomic E-state index is 13.0. The predicted octanol–water partition coefficient (Wildman–Crippen LogP) is 4.56. The molecule has 2 aromatic rings. The third-order valence-corrected chi connectivity index (χ3v) is 5.20. The minimum Gasteiger partial charge on any atom is -0.497 e. The van der Waals surface area contributed by atoms with Gasteiger partial charge in [-0.1, -0.05) is 28.1 Å². The van der Waals surface area contributed by atoms with Gasteiger partial charge in [0.05, 0.1) is 13.7 Å². The summed E-state index contributed by atoms with van der Waals surface area (Å²) in [7, 11) is 1.61. The average molecular weight is 491 g/mol. The third-order valence-electron chi connectivity index (χ3n) is 4.70. The maximum Gasteiger partial charge on any atom is 0.242 e. The van der Waals surface area contributed by atoms with E-state index >= 15 is 0 Å². The zero-order valence-electron chi connectivity index (χ0n) is 18.6. The van der Waals surface area contributed by atoms with Gasteiger partial charge in [-0.25, -0.2) is 0 Å². The number of hydrogen-bond donors (Lipinski definition) is 1. The number of amides is 2. The van der Waals surface area contributed by atoms with Crippen LogP contribution in [0.1, 0.15) is 39.2 Å². The molecule has 6 nitrogen and oxygen atoms in total. The molecule has 0 bridgehead atoms. The highest BCUT2D eigenvalue weighted by atomic mass is 79.9. The Kier molecular flexibility index (Phi) is 9.85. The summed E-state index contributed by atoms with van der Waals surface area (Å²) in [4.78, 5) is 27.2. The van der Waals surface area contributed by atoms with Crippen molar-refractivity contribution in [3.05, 3.63) is 58.6 Å². The van der Waals surface area contributed by atoms with Crippen molar-refractivity contribution in [2.45, 2.75) is 52.2 Å².